The summed E-state index contributed by atoms with van der Waals surface area (Å²) in [6.45, 7) is 0. The number of aryl methyl sites for hydroxylation is 1. The minimum Gasteiger partial charge on any atom is -0.367 e. The minimum absolute atomic E-state index is 0.0350. The summed E-state index contributed by atoms with van der Waals surface area (Å²) in [6.07, 6.45) is -5.29. The van der Waals surface area contributed by atoms with Gasteiger partial charge in [-0.3, -0.25) is 5.10 Å². The van der Waals surface area contributed by atoms with Gasteiger partial charge in [0.15, 0.2) is 0 Å². The molecule has 7 heteroatoms. The molecule has 0 spiro atoms. The molecule has 12 heavy (non-hydrogen) atoms. The smallest absolute Gasteiger partial charge is 0.367 e. The maximum atomic E-state index is 11.7. The molecule has 0 aromatic carbocycles. The van der Waals surface area contributed by atoms with E-state index in [1.54, 1.807) is 0 Å². The Bertz CT molecular complexity index is 253. The molecule has 0 aliphatic rings. The number of halogens is 3. The van der Waals surface area contributed by atoms with Gasteiger partial charge in [-0.1, -0.05) is 0 Å². The molecule has 1 rings (SSSR count). The highest BCUT2D eigenvalue weighted by Gasteiger charge is 2.27. The predicted molar refractivity (Wildman–Crippen MR) is 35.2 cm³/mol. The molecule has 4 nitrogen and oxygen atoms in total. The highest BCUT2D eigenvalue weighted by molar-refractivity contribution is 5.12. The molecule has 0 saturated heterocycles. The van der Waals surface area contributed by atoms with Gasteiger partial charge in [0.05, 0.1) is 6.42 Å². The number of nitrogens with two attached hydrogens (primary N) is 1. The Balaban J connectivity index is 2.44. The molecule has 0 radical (unpaired) electrons. The first kappa shape index (κ1) is 8.82. The molecule has 0 unspecified atom stereocenters. The Hall–Kier alpha value is -1.27. The van der Waals surface area contributed by atoms with E-state index in [-0.39, 0.29) is 18.2 Å². The second-order valence-corrected chi connectivity index (χ2v) is 2.26. The monoisotopic (exact) mass is 180 g/mol. The lowest BCUT2D eigenvalue weighted by molar-refractivity contribution is -0.134. The standard InChI is InChI=1S/C5H7F3N4/c6-5(7,8)2-1-3-10-4(9)12-11-3/h1-2H2,(H3,9,10,11,12). The number of hydrogen-bond donors (Lipinski definition) is 2. The fraction of sp³-hybridized carbons (Fsp3) is 0.600. The molecule has 0 bridgehead atoms. The van der Waals surface area contributed by atoms with E-state index < -0.39 is 12.6 Å². The number of nitrogen functional groups attached to an aromatic ring is 1. The summed E-state index contributed by atoms with van der Waals surface area (Å²) in [7, 11) is 0. The van der Waals surface area contributed by atoms with Crippen molar-refractivity contribution in [1.82, 2.24) is 15.2 Å². The summed E-state index contributed by atoms with van der Waals surface area (Å²) >= 11 is 0. The Kier molecular flexibility index (Phi) is 2.20. The SMILES string of the molecule is Nc1n[nH]c(CCC(F)(F)F)n1. The van der Waals surface area contributed by atoms with Gasteiger partial charge >= 0.3 is 6.18 Å². The van der Waals surface area contributed by atoms with Crippen molar-refractivity contribution in [2.24, 2.45) is 0 Å². The fourth-order valence-electron chi connectivity index (χ4n) is 0.682. The average Bonchev–Trinajstić information content (AvgIpc) is 2.30. The zero-order valence-corrected chi connectivity index (χ0v) is 6.02. The van der Waals surface area contributed by atoms with Crippen LogP contribution in [0.2, 0.25) is 0 Å². The number of H-pyrrole nitrogens is 1. The molecule has 0 atom stereocenters. The first-order valence-corrected chi connectivity index (χ1v) is 3.21. The molecular weight excluding hydrogens is 173 g/mol. The number of rotatable bonds is 2. The van der Waals surface area contributed by atoms with Crippen LogP contribution < -0.4 is 5.73 Å². The van der Waals surface area contributed by atoms with Crippen molar-refractivity contribution in [3.8, 4) is 0 Å². The number of hydrogen-bond acceptors (Lipinski definition) is 3. The molecule has 0 fully saturated rings. The van der Waals surface area contributed by atoms with Crippen LogP contribution in [0.15, 0.2) is 0 Å². The number of anilines is 1. The molecule has 1 aromatic heterocycles. The Morgan fingerprint density at radius 2 is 2.08 bits per heavy atom. The highest BCUT2D eigenvalue weighted by Crippen LogP contribution is 2.20. The van der Waals surface area contributed by atoms with Gasteiger partial charge in [0.25, 0.3) is 0 Å². The number of nitrogens with one attached hydrogen (secondary N) is 1. The van der Waals surface area contributed by atoms with Gasteiger partial charge in [-0.2, -0.15) is 18.2 Å². The van der Waals surface area contributed by atoms with Gasteiger partial charge in [-0.25, -0.2) is 0 Å². The highest BCUT2D eigenvalue weighted by atomic mass is 19.4. The maximum absolute atomic E-state index is 11.7. The lowest BCUT2D eigenvalue weighted by Crippen LogP contribution is -2.09. The van der Waals surface area contributed by atoms with Crippen LogP contribution in [-0.4, -0.2) is 21.4 Å². The van der Waals surface area contributed by atoms with Crippen molar-refractivity contribution in [1.29, 1.82) is 0 Å². The molecule has 0 aliphatic carbocycles. The molecule has 3 N–H and O–H groups in total. The summed E-state index contributed by atoms with van der Waals surface area (Å²) in [5.41, 5.74) is 5.08. The van der Waals surface area contributed by atoms with Crippen molar-refractivity contribution >= 4 is 5.95 Å². The van der Waals surface area contributed by atoms with Gasteiger partial charge in [-0.05, 0) is 0 Å². The van der Waals surface area contributed by atoms with Crippen LogP contribution in [-0.2, 0) is 6.42 Å². The van der Waals surface area contributed by atoms with Crippen LogP contribution in [0.1, 0.15) is 12.2 Å². The molecule has 0 saturated carbocycles. The quantitative estimate of drug-likeness (QED) is 0.709. The van der Waals surface area contributed by atoms with E-state index >= 15 is 0 Å². The zero-order valence-electron chi connectivity index (χ0n) is 6.02. The Morgan fingerprint density at radius 3 is 2.50 bits per heavy atom. The summed E-state index contributed by atoms with van der Waals surface area (Å²) in [5, 5.41) is 5.68. The summed E-state index contributed by atoms with van der Waals surface area (Å²) in [5.74, 6) is 0.122. The van der Waals surface area contributed by atoms with Crippen LogP contribution in [0.5, 0.6) is 0 Å². The van der Waals surface area contributed by atoms with Gasteiger partial charge in [-0.15, -0.1) is 5.10 Å². The molecule has 1 heterocycles. The van der Waals surface area contributed by atoms with Gasteiger partial charge in [0.2, 0.25) is 5.95 Å². The lowest BCUT2D eigenvalue weighted by atomic mass is 10.3. The van der Waals surface area contributed by atoms with E-state index in [0.717, 1.165) is 0 Å². The topological polar surface area (TPSA) is 67.6 Å². The molecule has 0 aliphatic heterocycles. The van der Waals surface area contributed by atoms with E-state index in [2.05, 4.69) is 15.2 Å². The van der Waals surface area contributed by atoms with Crippen LogP contribution in [0, 0.1) is 0 Å². The van der Waals surface area contributed by atoms with Crippen LogP contribution in [0.3, 0.4) is 0 Å². The molecule has 0 amide bonds. The predicted octanol–water partition coefficient (Wildman–Crippen LogP) is 0.882. The fourth-order valence-corrected chi connectivity index (χ4v) is 0.682. The number of nitrogens with zero attached hydrogens (tertiary/aromatic N) is 2. The third kappa shape index (κ3) is 2.77. The van der Waals surface area contributed by atoms with Crippen LogP contribution in [0.4, 0.5) is 19.1 Å². The second kappa shape index (κ2) is 3.00. The lowest BCUT2D eigenvalue weighted by Gasteiger charge is -2.02. The van der Waals surface area contributed by atoms with Crippen molar-refractivity contribution in [2.45, 2.75) is 19.0 Å². The van der Waals surface area contributed by atoms with Gasteiger partial charge < -0.3 is 5.73 Å². The van der Waals surface area contributed by atoms with E-state index in [4.69, 9.17) is 5.73 Å². The largest absolute Gasteiger partial charge is 0.389 e. The summed E-state index contributed by atoms with van der Waals surface area (Å²) in [6, 6.07) is 0. The van der Waals surface area contributed by atoms with Crippen LogP contribution >= 0.6 is 0 Å². The van der Waals surface area contributed by atoms with Gasteiger partial charge in [0.1, 0.15) is 5.82 Å². The van der Waals surface area contributed by atoms with Gasteiger partial charge in [0, 0.05) is 6.42 Å². The van der Waals surface area contributed by atoms with E-state index in [1.165, 1.54) is 0 Å². The average molecular weight is 180 g/mol. The third-order valence-electron chi connectivity index (χ3n) is 1.19. The normalized spacial score (nSPS) is 11.9. The van der Waals surface area contributed by atoms with Crippen molar-refractivity contribution < 1.29 is 13.2 Å². The second-order valence-electron chi connectivity index (χ2n) is 2.26. The maximum Gasteiger partial charge on any atom is 0.389 e. The zero-order chi connectivity index (χ0) is 9.19. The van der Waals surface area contributed by atoms with Crippen molar-refractivity contribution in [3.05, 3.63) is 5.82 Å². The molecule has 68 valence electrons. The Morgan fingerprint density at radius 1 is 1.42 bits per heavy atom. The van der Waals surface area contributed by atoms with E-state index in [0.29, 0.717) is 0 Å². The van der Waals surface area contributed by atoms with Crippen molar-refractivity contribution in [2.75, 3.05) is 5.73 Å². The van der Waals surface area contributed by atoms with Crippen molar-refractivity contribution in [3.63, 3.8) is 0 Å². The Labute approximate surface area is 66.0 Å². The molecular formula is C5H7F3N4. The first-order valence-electron chi connectivity index (χ1n) is 3.21. The van der Waals surface area contributed by atoms with E-state index in [1.807, 2.05) is 0 Å². The number of aromatic amines is 1. The summed E-state index contributed by atoms with van der Waals surface area (Å²) in [4.78, 5) is 3.52. The first-order chi connectivity index (χ1) is 5.47. The minimum atomic E-state index is -4.17. The third-order valence-corrected chi connectivity index (χ3v) is 1.19. The number of aromatic nitrogens is 3. The molecule has 1 aromatic rings. The van der Waals surface area contributed by atoms with E-state index in [9.17, 15) is 13.2 Å². The summed E-state index contributed by atoms with van der Waals surface area (Å²) < 4.78 is 35.0. The van der Waals surface area contributed by atoms with Crippen LogP contribution in [0.25, 0.3) is 0 Å². The number of alkyl halides is 3.